The fourth-order valence-corrected chi connectivity index (χ4v) is 3.89. The standard InChI is InChI=1S/C17H13F6NS/c1-8-4-6-11(7-5-8)12-13(14-9(2)24-10(3)25-14)16(20,21)17(22,23)15(12,18)19/h4-7H,1-3H3. The SMILES string of the molecule is Cc1ccc(C2=C(c3sc(C)nc3C)C(F)(F)C(F)(F)C2(F)F)cc1. The summed E-state index contributed by atoms with van der Waals surface area (Å²) in [4.78, 5) is 3.58. The summed E-state index contributed by atoms with van der Waals surface area (Å²) < 4.78 is 85.9. The topological polar surface area (TPSA) is 12.9 Å². The number of allylic oxidation sites excluding steroid dienone is 2. The van der Waals surface area contributed by atoms with Crippen molar-refractivity contribution in [1.82, 2.24) is 4.98 Å². The van der Waals surface area contributed by atoms with Gasteiger partial charge in [0.1, 0.15) is 0 Å². The second kappa shape index (κ2) is 5.33. The molecule has 2 aromatic rings. The molecule has 0 unspecified atom stereocenters. The molecule has 0 atom stereocenters. The molecule has 0 spiro atoms. The molecule has 0 saturated carbocycles. The Hall–Kier alpha value is -1.83. The maximum absolute atomic E-state index is 14.5. The van der Waals surface area contributed by atoms with Crippen LogP contribution in [-0.4, -0.2) is 22.8 Å². The summed E-state index contributed by atoms with van der Waals surface area (Å²) >= 11 is 0.701. The zero-order valence-corrected chi connectivity index (χ0v) is 14.2. The molecule has 1 nitrogen and oxygen atoms in total. The highest BCUT2D eigenvalue weighted by atomic mass is 32.1. The van der Waals surface area contributed by atoms with E-state index in [0.717, 1.165) is 12.1 Å². The average molecular weight is 377 g/mol. The van der Waals surface area contributed by atoms with E-state index in [4.69, 9.17) is 0 Å². The second-order valence-corrected chi connectivity index (χ2v) is 7.19. The molecule has 0 radical (unpaired) electrons. The van der Waals surface area contributed by atoms with E-state index in [1.807, 2.05) is 0 Å². The minimum atomic E-state index is -5.53. The van der Waals surface area contributed by atoms with Gasteiger partial charge in [-0.15, -0.1) is 11.3 Å². The van der Waals surface area contributed by atoms with E-state index in [1.54, 1.807) is 6.92 Å². The molecule has 1 aliphatic carbocycles. The normalized spacial score (nSPS) is 21.0. The summed E-state index contributed by atoms with van der Waals surface area (Å²) in [7, 11) is 0. The number of benzene rings is 1. The maximum Gasteiger partial charge on any atom is 0.380 e. The Balaban J connectivity index is 2.41. The van der Waals surface area contributed by atoms with Gasteiger partial charge in [-0.3, -0.25) is 0 Å². The third-order valence-electron chi connectivity index (χ3n) is 4.14. The first kappa shape index (κ1) is 18.0. The lowest BCUT2D eigenvalue weighted by Crippen LogP contribution is -2.48. The van der Waals surface area contributed by atoms with Crippen LogP contribution in [0.25, 0.3) is 11.1 Å². The number of alkyl halides is 6. The average Bonchev–Trinajstić information content (AvgIpc) is 2.87. The molecule has 1 aromatic heterocycles. The molecule has 1 aliphatic rings. The number of hydrogen-bond acceptors (Lipinski definition) is 2. The van der Waals surface area contributed by atoms with Gasteiger partial charge in [-0.2, -0.15) is 26.3 Å². The lowest BCUT2D eigenvalue weighted by Gasteiger charge is -2.25. The summed E-state index contributed by atoms with van der Waals surface area (Å²) in [5.74, 6) is -15.5. The lowest BCUT2D eigenvalue weighted by molar-refractivity contribution is -0.254. The van der Waals surface area contributed by atoms with Gasteiger partial charge in [0.25, 0.3) is 0 Å². The van der Waals surface area contributed by atoms with Gasteiger partial charge in [-0.1, -0.05) is 29.8 Å². The second-order valence-electron chi connectivity index (χ2n) is 5.99. The van der Waals surface area contributed by atoms with Crippen molar-refractivity contribution in [3.8, 4) is 0 Å². The third-order valence-corrected chi connectivity index (χ3v) is 5.23. The first-order valence-corrected chi connectivity index (χ1v) is 8.13. The minimum Gasteiger partial charge on any atom is -0.246 e. The first-order chi connectivity index (χ1) is 11.4. The number of hydrogen-bond donors (Lipinski definition) is 0. The molecule has 0 N–H and O–H groups in total. The number of thiazole rings is 1. The van der Waals surface area contributed by atoms with Crippen LogP contribution in [0.4, 0.5) is 26.3 Å². The van der Waals surface area contributed by atoms with Gasteiger partial charge >= 0.3 is 17.8 Å². The zero-order valence-electron chi connectivity index (χ0n) is 13.4. The molecule has 134 valence electrons. The Morgan fingerprint density at radius 3 is 1.80 bits per heavy atom. The van der Waals surface area contributed by atoms with Gasteiger partial charge < -0.3 is 0 Å². The van der Waals surface area contributed by atoms with Crippen molar-refractivity contribution >= 4 is 22.5 Å². The van der Waals surface area contributed by atoms with Crippen molar-refractivity contribution in [1.29, 1.82) is 0 Å². The third kappa shape index (κ3) is 2.33. The molecule has 0 amide bonds. The molecule has 1 heterocycles. The monoisotopic (exact) mass is 377 g/mol. The van der Waals surface area contributed by atoms with Crippen molar-refractivity contribution in [3.63, 3.8) is 0 Å². The quantitative estimate of drug-likeness (QED) is 0.594. The highest BCUT2D eigenvalue weighted by molar-refractivity contribution is 7.13. The van der Waals surface area contributed by atoms with E-state index in [0.29, 0.717) is 21.9 Å². The number of nitrogens with zero attached hydrogens (tertiary/aromatic N) is 1. The fourth-order valence-electron chi connectivity index (χ4n) is 2.89. The minimum absolute atomic E-state index is 0.0234. The summed E-state index contributed by atoms with van der Waals surface area (Å²) in [6.45, 7) is 4.51. The highest BCUT2D eigenvalue weighted by Crippen LogP contribution is 2.65. The Morgan fingerprint density at radius 1 is 0.800 bits per heavy atom. The Bertz CT molecular complexity index is 864. The van der Waals surface area contributed by atoms with Crippen LogP contribution in [0, 0.1) is 20.8 Å². The van der Waals surface area contributed by atoms with E-state index >= 15 is 0 Å². The predicted molar refractivity (Wildman–Crippen MR) is 84.4 cm³/mol. The summed E-state index contributed by atoms with van der Waals surface area (Å²) in [5, 5.41) is 0.331. The van der Waals surface area contributed by atoms with Crippen LogP contribution >= 0.6 is 11.3 Å². The van der Waals surface area contributed by atoms with Gasteiger partial charge in [0.15, 0.2) is 0 Å². The van der Waals surface area contributed by atoms with Crippen LogP contribution < -0.4 is 0 Å². The molecular weight excluding hydrogens is 364 g/mol. The molecule has 8 heteroatoms. The van der Waals surface area contributed by atoms with E-state index in [1.165, 1.54) is 26.0 Å². The Labute approximate surface area is 144 Å². The first-order valence-electron chi connectivity index (χ1n) is 7.31. The van der Waals surface area contributed by atoms with Crippen LogP contribution in [0.2, 0.25) is 0 Å². The number of aryl methyl sites for hydroxylation is 3. The molecule has 0 aliphatic heterocycles. The summed E-state index contributed by atoms with van der Waals surface area (Å²) in [6.07, 6.45) is 0. The zero-order chi connectivity index (χ0) is 18.8. The van der Waals surface area contributed by atoms with Crippen LogP contribution in [-0.2, 0) is 0 Å². The van der Waals surface area contributed by atoms with E-state index in [-0.39, 0.29) is 16.1 Å². The smallest absolute Gasteiger partial charge is 0.246 e. The van der Waals surface area contributed by atoms with Crippen molar-refractivity contribution in [2.24, 2.45) is 0 Å². The molecule has 25 heavy (non-hydrogen) atoms. The number of rotatable bonds is 2. The molecular formula is C17H13F6NS. The van der Waals surface area contributed by atoms with E-state index in [9.17, 15) is 26.3 Å². The van der Waals surface area contributed by atoms with Crippen molar-refractivity contribution < 1.29 is 26.3 Å². The summed E-state index contributed by atoms with van der Waals surface area (Å²) in [6, 6.07) is 5.13. The van der Waals surface area contributed by atoms with Crippen molar-refractivity contribution in [2.45, 2.75) is 38.5 Å². The van der Waals surface area contributed by atoms with E-state index in [2.05, 4.69) is 4.98 Å². The summed E-state index contributed by atoms with van der Waals surface area (Å²) in [5.41, 5.74) is -2.32. The predicted octanol–water partition coefficient (Wildman–Crippen LogP) is 5.90. The molecule has 3 rings (SSSR count). The molecule has 0 fully saturated rings. The molecule has 0 saturated heterocycles. The van der Waals surface area contributed by atoms with E-state index < -0.39 is 28.9 Å². The number of halogens is 6. The molecule has 1 aromatic carbocycles. The van der Waals surface area contributed by atoms with Crippen LogP contribution in [0.5, 0.6) is 0 Å². The van der Waals surface area contributed by atoms with Crippen molar-refractivity contribution in [2.75, 3.05) is 0 Å². The van der Waals surface area contributed by atoms with Crippen LogP contribution in [0.15, 0.2) is 24.3 Å². The van der Waals surface area contributed by atoms with Gasteiger partial charge in [-0.25, -0.2) is 4.98 Å². The van der Waals surface area contributed by atoms with Gasteiger partial charge in [0, 0.05) is 5.57 Å². The molecule has 0 bridgehead atoms. The van der Waals surface area contributed by atoms with Crippen molar-refractivity contribution in [3.05, 3.63) is 51.0 Å². The van der Waals surface area contributed by atoms with Gasteiger partial charge in [0.05, 0.1) is 21.2 Å². The van der Waals surface area contributed by atoms with Crippen LogP contribution in [0.1, 0.15) is 26.7 Å². The maximum atomic E-state index is 14.5. The lowest BCUT2D eigenvalue weighted by atomic mass is 9.97. The number of aromatic nitrogens is 1. The highest BCUT2D eigenvalue weighted by Gasteiger charge is 2.80. The Morgan fingerprint density at radius 2 is 1.32 bits per heavy atom. The Kier molecular flexibility index (Phi) is 3.83. The van der Waals surface area contributed by atoms with Gasteiger partial charge in [0.2, 0.25) is 0 Å². The largest absolute Gasteiger partial charge is 0.380 e. The fraction of sp³-hybridized carbons (Fsp3) is 0.353. The van der Waals surface area contributed by atoms with Gasteiger partial charge in [-0.05, 0) is 26.3 Å². The van der Waals surface area contributed by atoms with Crippen LogP contribution in [0.3, 0.4) is 0 Å².